The summed E-state index contributed by atoms with van der Waals surface area (Å²) in [4.78, 5) is 28.6. The molecule has 3 heterocycles. The van der Waals surface area contributed by atoms with E-state index in [1.54, 1.807) is 13.0 Å². The van der Waals surface area contributed by atoms with Gasteiger partial charge < -0.3 is 15.3 Å². The summed E-state index contributed by atoms with van der Waals surface area (Å²) in [5.41, 5.74) is -0.966. The second-order valence-corrected chi connectivity index (χ2v) is 5.59. The second-order valence-electron chi connectivity index (χ2n) is 5.59. The number of piperidine rings is 1. The molecule has 6 nitrogen and oxygen atoms in total. The van der Waals surface area contributed by atoms with Crippen LogP contribution in [0.2, 0.25) is 0 Å². The van der Waals surface area contributed by atoms with E-state index in [1.807, 2.05) is 0 Å². The van der Waals surface area contributed by atoms with E-state index >= 15 is 0 Å². The van der Waals surface area contributed by atoms with Crippen molar-refractivity contribution in [1.82, 2.24) is 10.3 Å². The minimum Gasteiger partial charge on any atom is -0.477 e. The van der Waals surface area contributed by atoms with Crippen LogP contribution in [0.15, 0.2) is 12.3 Å². The summed E-state index contributed by atoms with van der Waals surface area (Å²) in [6.45, 7) is 2.86. The summed E-state index contributed by atoms with van der Waals surface area (Å²) in [6.07, 6.45) is 1.50. The number of rotatable bonds is 2. The van der Waals surface area contributed by atoms with Crippen LogP contribution in [0.25, 0.3) is 0 Å². The Bertz CT molecular complexity index is 621. The predicted molar refractivity (Wildman–Crippen MR) is 73.1 cm³/mol. The molecule has 2 fully saturated rings. The molecule has 1 aromatic heterocycles. The van der Waals surface area contributed by atoms with Crippen LogP contribution in [0, 0.1) is 12.8 Å². The number of aromatic carboxylic acids is 1. The Balaban J connectivity index is 1.93. The van der Waals surface area contributed by atoms with Crippen molar-refractivity contribution in [2.24, 2.45) is 5.92 Å². The SMILES string of the molecule is Cc1cc(N2CC3CNCCC3(F)C2=O)cnc1C(=O)O. The number of aromatic nitrogens is 1. The maximum absolute atomic E-state index is 14.8. The zero-order valence-electron chi connectivity index (χ0n) is 11.6. The number of amides is 1. The second kappa shape index (κ2) is 4.77. The fraction of sp³-hybridized carbons (Fsp3) is 0.500. The molecule has 2 saturated heterocycles. The van der Waals surface area contributed by atoms with Gasteiger partial charge in [-0.15, -0.1) is 0 Å². The van der Waals surface area contributed by atoms with Crippen LogP contribution in [-0.2, 0) is 4.79 Å². The number of nitrogens with zero attached hydrogens (tertiary/aromatic N) is 2. The van der Waals surface area contributed by atoms with E-state index in [9.17, 15) is 14.0 Å². The summed E-state index contributed by atoms with van der Waals surface area (Å²) in [5, 5.41) is 12.1. The van der Waals surface area contributed by atoms with Crippen molar-refractivity contribution in [3.05, 3.63) is 23.5 Å². The molecule has 2 aliphatic heterocycles. The summed E-state index contributed by atoms with van der Waals surface area (Å²) >= 11 is 0. The number of anilines is 1. The lowest BCUT2D eigenvalue weighted by atomic mass is 9.86. The Kier molecular flexibility index (Phi) is 3.16. The van der Waals surface area contributed by atoms with Crippen LogP contribution < -0.4 is 10.2 Å². The number of alkyl halides is 1. The lowest BCUT2D eigenvalue weighted by Gasteiger charge is -2.29. The number of carboxylic acids is 1. The van der Waals surface area contributed by atoms with Gasteiger partial charge in [0.2, 0.25) is 0 Å². The molecule has 7 heteroatoms. The van der Waals surface area contributed by atoms with Gasteiger partial charge in [0.1, 0.15) is 0 Å². The number of hydrogen-bond acceptors (Lipinski definition) is 4. The molecule has 0 aliphatic carbocycles. The van der Waals surface area contributed by atoms with Gasteiger partial charge in [-0.1, -0.05) is 0 Å². The molecular formula is C14H16FN3O3. The van der Waals surface area contributed by atoms with Gasteiger partial charge >= 0.3 is 5.97 Å². The monoisotopic (exact) mass is 293 g/mol. The Labute approximate surface area is 121 Å². The fourth-order valence-corrected chi connectivity index (χ4v) is 3.09. The van der Waals surface area contributed by atoms with E-state index in [0.29, 0.717) is 24.3 Å². The Hall–Kier alpha value is -2.02. The van der Waals surface area contributed by atoms with E-state index in [-0.39, 0.29) is 24.6 Å². The summed E-state index contributed by atoms with van der Waals surface area (Å²) in [6, 6.07) is 1.57. The summed E-state index contributed by atoms with van der Waals surface area (Å²) in [7, 11) is 0. The molecule has 21 heavy (non-hydrogen) atoms. The first-order valence-corrected chi connectivity index (χ1v) is 6.85. The minimum absolute atomic E-state index is 0.0561. The first kappa shape index (κ1) is 13.9. The predicted octanol–water partition coefficient (Wildman–Crippen LogP) is 0.753. The molecule has 0 saturated carbocycles. The molecule has 2 N–H and O–H groups in total. The molecule has 1 aromatic rings. The van der Waals surface area contributed by atoms with Crippen molar-refractivity contribution < 1.29 is 19.1 Å². The average Bonchev–Trinajstić information content (AvgIpc) is 2.71. The van der Waals surface area contributed by atoms with Crippen LogP contribution in [0.3, 0.4) is 0 Å². The van der Waals surface area contributed by atoms with Crippen molar-refractivity contribution in [3.8, 4) is 0 Å². The number of fused-ring (bicyclic) bond motifs is 1. The van der Waals surface area contributed by atoms with Crippen molar-refractivity contribution in [2.75, 3.05) is 24.5 Å². The number of hydrogen-bond donors (Lipinski definition) is 2. The molecule has 1 amide bonds. The number of carbonyl (C=O) groups is 2. The highest BCUT2D eigenvalue weighted by Crippen LogP contribution is 2.39. The molecule has 2 atom stereocenters. The standard InChI is InChI=1S/C14H16FN3O3/c1-8-4-10(6-17-11(8)12(19)20)18-7-9-5-16-3-2-14(9,15)13(18)21/h4,6,9,16H,2-3,5,7H2,1H3,(H,19,20). The van der Waals surface area contributed by atoms with Crippen molar-refractivity contribution in [3.63, 3.8) is 0 Å². The molecule has 112 valence electrons. The van der Waals surface area contributed by atoms with Crippen molar-refractivity contribution in [2.45, 2.75) is 19.0 Å². The largest absolute Gasteiger partial charge is 0.477 e. The van der Waals surface area contributed by atoms with Crippen LogP contribution in [0.4, 0.5) is 10.1 Å². The van der Waals surface area contributed by atoms with Crippen LogP contribution in [0.1, 0.15) is 22.5 Å². The Morgan fingerprint density at radius 2 is 2.38 bits per heavy atom. The maximum Gasteiger partial charge on any atom is 0.354 e. The highest BCUT2D eigenvalue weighted by Gasteiger charge is 2.56. The summed E-state index contributed by atoms with van der Waals surface area (Å²) < 4.78 is 14.8. The third-order valence-corrected chi connectivity index (χ3v) is 4.29. The maximum atomic E-state index is 14.8. The van der Waals surface area contributed by atoms with Gasteiger partial charge in [0.25, 0.3) is 5.91 Å². The van der Waals surface area contributed by atoms with Gasteiger partial charge in [0.05, 0.1) is 11.9 Å². The van der Waals surface area contributed by atoms with Crippen LogP contribution in [0.5, 0.6) is 0 Å². The van der Waals surface area contributed by atoms with E-state index in [1.165, 1.54) is 11.1 Å². The van der Waals surface area contributed by atoms with Crippen molar-refractivity contribution >= 4 is 17.6 Å². The highest BCUT2D eigenvalue weighted by atomic mass is 19.1. The van der Waals surface area contributed by atoms with E-state index in [2.05, 4.69) is 10.3 Å². The van der Waals surface area contributed by atoms with Gasteiger partial charge in [0, 0.05) is 25.4 Å². The van der Waals surface area contributed by atoms with Crippen LogP contribution >= 0.6 is 0 Å². The first-order valence-electron chi connectivity index (χ1n) is 6.85. The number of pyridine rings is 1. The first-order chi connectivity index (χ1) is 9.93. The van der Waals surface area contributed by atoms with Gasteiger partial charge in [-0.25, -0.2) is 14.2 Å². The Morgan fingerprint density at radius 1 is 1.62 bits per heavy atom. The molecule has 0 bridgehead atoms. The molecule has 0 radical (unpaired) electrons. The average molecular weight is 293 g/mol. The number of carbonyl (C=O) groups excluding carboxylic acids is 1. The number of aryl methyl sites for hydroxylation is 1. The molecule has 3 rings (SSSR count). The molecule has 2 unspecified atom stereocenters. The smallest absolute Gasteiger partial charge is 0.354 e. The molecule has 2 aliphatic rings. The number of nitrogens with one attached hydrogen (secondary N) is 1. The molecule has 0 aromatic carbocycles. The van der Waals surface area contributed by atoms with Gasteiger partial charge in [-0.2, -0.15) is 0 Å². The van der Waals surface area contributed by atoms with Gasteiger partial charge in [-0.05, 0) is 25.1 Å². The number of halogens is 1. The lowest BCUT2D eigenvalue weighted by Crippen LogP contribution is -2.49. The van der Waals surface area contributed by atoms with E-state index in [4.69, 9.17) is 5.11 Å². The zero-order chi connectivity index (χ0) is 15.2. The van der Waals surface area contributed by atoms with Gasteiger partial charge in [-0.3, -0.25) is 4.79 Å². The highest BCUT2D eigenvalue weighted by molar-refractivity contribution is 6.02. The van der Waals surface area contributed by atoms with Gasteiger partial charge in [0.15, 0.2) is 11.4 Å². The molecule has 0 spiro atoms. The third kappa shape index (κ3) is 2.08. The normalized spacial score (nSPS) is 28.6. The molecular weight excluding hydrogens is 277 g/mol. The van der Waals surface area contributed by atoms with Crippen molar-refractivity contribution in [1.29, 1.82) is 0 Å². The third-order valence-electron chi connectivity index (χ3n) is 4.29. The van der Waals surface area contributed by atoms with E-state index in [0.717, 1.165) is 0 Å². The van der Waals surface area contributed by atoms with E-state index < -0.39 is 17.5 Å². The summed E-state index contributed by atoms with van der Waals surface area (Å²) in [5.74, 6) is -2.04. The quantitative estimate of drug-likeness (QED) is 0.841. The topological polar surface area (TPSA) is 82.5 Å². The minimum atomic E-state index is -1.81. The fourth-order valence-electron chi connectivity index (χ4n) is 3.09. The lowest BCUT2D eigenvalue weighted by molar-refractivity contribution is -0.130. The number of carboxylic acid groups (broad SMARTS) is 1. The van der Waals surface area contributed by atoms with Crippen LogP contribution in [-0.4, -0.2) is 47.3 Å². The Morgan fingerprint density at radius 3 is 3.00 bits per heavy atom. The zero-order valence-corrected chi connectivity index (χ0v) is 11.6.